The normalized spacial score (nSPS) is 15.9. The van der Waals surface area contributed by atoms with Crippen LogP contribution in [-0.2, 0) is 12.8 Å². The van der Waals surface area contributed by atoms with Gasteiger partial charge in [0.2, 0.25) is 0 Å². The highest BCUT2D eigenvalue weighted by Crippen LogP contribution is 2.31. The molecule has 2 aromatic rings. The summed E-state index contributed by atoms with van der Waals surface area (Å²) in [6, 6.07) is 8.13. The first-order valence-corrected chi connectivity index (χ1v) is 9.73. The van der Waals surface area contributed by atoms with Crippen molar-refractivity contribution in [2.24, 2.45) is 5.92 Å². The van der Waals surface area contributed by atoms with E-state index in [0.717, 1.165) is 30.4 Å². The maximum Gasteiger partial charge on any atom is 0.143 e. The molecule has 3 rings (SSSR count). The number of hydrogen-bond acceptors (Lipinski definition) is 0. The van der Waals surface area contributed by atoms with Crippen molar-refractivity contribution in [3.63, 3.8) is 0 Å². The summed E-state index contributed by atoms with van der Waals surface area (Å²) in [5.41, 5.74) is 2.80. The van der Waals surface area contributed by atoms with Crippen LogP contribution in [0.2, 0.25) is 5.02 Å². The summed E-state index contributed by atoms with van der Waals surface area (Å²) in [4.78, 5) is 0. The summed E-state index contributed by atoms with van der Waals surface area (Å²) >= 11 is 5.67. The zero-order valence-electron chi connectivity index (χ0n) is 15.0. The van der Waals surface area contributed by atoms with Gasteiger partial charge in [0.15, 0.2) is 0 Å². The monoisotopic (exact) mass is 372 g/mol. The first kappa shape index (κ1) is 18.9. The fourth-order valence-corrected chi connectivity index (χ4v) is 3.74. The van der Waals surface area contributed by atoms with Gasteiger partial charge in [0.1, 0.15) is 11.6 Å². The summed E-state index contributed by atoms with van der Waals surface area (Å²) < 4.78 is 28.3. The Kier molecular flexibility index (Phi) is 6.33. The van der Waals surface area contributed by atoms with E-state index in [-0.39, 0.29) is 10.8 Å². The molecule has 0 bridgehead atoms. The number of rotatable bonds is 4. The largest absolute Gasteiger partial charge is 0.205 e. The van der Waals surface area contributed by atoms with Gasteiger partial charge in [0.25, 0.3) is 0 Å². The quantitative estimate of drug-likeness (QED) is 0.413. The van der Waals surface area contributed by atoms with Gasteiger partial charge in [0.05, 0.1) is 10.6 Å². The lowest BCUT2D eigenvalue weighted by Crippen LogP contribution is -2.16. The Labute approximate surface area is 159 Å². The van der Waals surface area contributed by atoms with Crippen LogP contribution in [0, 0.1) is 29.4 Å². The van der Waals surface area contributed by atoms with Gasteiger partial charge in [-0.25, -0.2) is 8.78 Å². The SMILES string of the molecule is CCCCCC1CCc2c(ccc(C#Cc3ccc(Cl)c(F)c3)c2F)C1. The molecule has 0 aliphatic heterocycles. The van der Waals surface area contributed by atoms with E-state index in [1.54, 1.807) is 12.1 Å². The van der Waals surface area contributed by atoms with Crippen molar-refractivity contribution in [1.82, 2.24) is 0 Å². The molecule has 1 atom stereocenters. The second-order valence-corrected chi connectivity index (χ2v) is 7.46. The molecule has 136 valence electrons. The van der Waals surface area contributed by atoms with Crippen LogP contribution in [-0.4, -0.2) is 0 Å². The summed E-state index contributed by atoms with van der Waals surface area (Å²) in [7, 11) is 0. The number of benzene rings is 2. The maximum absolute atomic E-state index is 14.8. The predicted octanol–water partition coefficient (Wildman–Crippen LogP) is 6.70. The first-order chi connectivity index (χ1) is 12.6. The fraction of sp³-hybridized carbons (Fsp3) is 0.391. The minimum atomic E-state index is -0.515. The maximum atomic E-state index is 14.8. The Morgan fingerprint density at radius 2 is 1.96 bits per heavy atom. The van der Waals surface area contributed by atoms with E-state index in [2.05, 4.69) is 18.8 Å². The molecule has 1 unspecified atom stereocenters. The average Bonchev–Trinajstić information content (AvgIpc) is 2.64. The Hall–Kier alpha value is -1.85. The van der Waals surface area contributed by atoms with Crippen LogP contribution in [0.15, 0.2) is 30.3 Å². The predicted molar refractivity (Wildman–Crippen MR) is 103 cm³/mol. The summed E-state index contributed by atoms with van der Waals surface area (Å²) in [6.45, 7) is 2.21. The molecule has 0 saturated carbocycles. The highest BCUT2D eigenvalue weighted by Gasteiger charge is 2.22. The number of hydrogen-bond donors (Lipinski definition) is 0. The second kappa shape index (κ2) is 8.69. The van der Waals surface area contributed by atoms with E-state index < -0.39 is 5.82 Å². The van der Waals surface area contributed by atoms with Crippen LogP contribution in [0.5, 0.6) is 0 Å². The number of halogens is 3. The van der Waals surface area contributed by atoms with Gasteiger partial charge in [-0.3, -0.25) is 0 Å². The highest BCUT2D eigenvalue weighted by molar-refractivity contribution is 6.30. The van der Waals surface area contributed by atoms with E-state index in [4.69, 9.17) is 11.6 Å². The molecule has 0 aromatic heterocycles. The van der Waals surface area contributed by atoms with Gasteiger partial charge < -0.3 is 0 Å². The topological polar surface area (TPSA) is 0 Å². The minimum Gasteiger partial charge on any atom is -0.205 e. The van der Waals surface area contributed by atoms with Crippen LogP contribution in [0.4, 0.5) is 8.78 Å². The van der Waals surface area contributed by atoms with Gasteiger partial charge in [-0.05, 0) is 60.6 Å². The van der Waals surface area contributed by atoms with Crippen LogP contribution < -0.4 is 0 Å². The third-order valence-electron chi connectivity index (χ3n) is 5.13. The minimum absolute atomic E-state index is 0.0593. The van der Waals surface area contributed by atoms with Crippen molar-refractivity contribution in [3.8, 4) is 11.8 Å². The highest BCUT2D eigenvalue weighted by atomic mass is 35.5. The molecule has 0 spiro atoms. The average molecular weight is 373 g/mol. The molecule has 1 aliphatic carbocycles. The van der Waals surface area contributed by atoms with E-state index in [1.165, 1.54) is 37.8 Å². The molecule has 26 heavy (non-hydrogen) atoms. The molecular weight excluding hydrogens is 350 g/mol. The van der Waals surface area contributed by atoms with Crippen LogP contribution in [0.25, 0.3) is 0 Å². The van der Waals surface area contributed by atoms with Crippen LogP contribution in [0.3, 0.4) is 0 Å². The van der Waals surface area contributed by atoms with Crippen molar-refractivity contribution in [2.75, 3.05) is 0 Å². The van der Waals surface area contributed by atoms with Gasteiger partial charge in [-0.2, -0.15) is 0 Å². The molecular formula is C23H23ClF2. The van der Waals surface area contributed by atoms with Gasteiger partial charge in [-0.1, -0.05) is 62.1 Å². The molecule has 0 N–H and O–H groups in total. The lowest BCUT2D eigenvalue weighted by Gasteiger charge is -2.25. The molecule has 0 radical (unpaired) electrons. The Morgan fingerprint density at radius 1 is 1.12 bits per heavy atom. The van der Waals surface area contributed by atoms with Gasteiger partial charge >= 0.3 is 0 Å². The summed E-state index contributed by atoms with van der Waals surface area (Å²) in [5.74, 6) is 5.62. The number of unbranched alkanes of at least 4 members (excludes halogenated alkanes) is 2. The van der Waals surface area contributed by atoms with E-state index in [1.807, 2.05) is 6.07 Å². The van der Waals surface area contributed by atoms with Crippen molar-refractivity contribution < 1.29 is 8.78 Å². The smallest absolute Gasteiger partial charge is 0.143 e. The Morgan fingerprint density at radius 3 is 2.73 bits per heavy atom. The third kappa shape index (κ3) is 4.46. The molecule has 2 aromatic carbocycles. The molecule has 0 amide bonds. The van der Waals surface area contributed by atoms with E-state index in [0.29, 0.717) is 17.0 Å². The first-order valence-electron chi connectivity index (χ1n) is 9.35. The second-order valence-electron chi connectivity index (χ2n) is 7.05. The van der Waals surface area contributed by atoms with E-state index >= 15 is 0 Å². The fourth-order valence-electron chi connectivity index (χ4n) is 3.62. The van der Waals surface area contributed by atoms with Gasteiger partial charge in [-0.15, -0.1) is 0 Å². The molecule has 0 heterocycles. The number of fused-ring (bicyclic) bond motifs is 1. The van der Waals surface area contributed by atoms with Crippen molar-refractivity contribution in [2.45, 2.75) is 51.9 Å². The van der Waals surface area contributed by atoms with Crippen LogP contribution in [0.1, 0.15) is 61.3 Å². The molecule has 0 nitrogen and oxygen atoms in total. The molecule has 1 aliphatic rings. The van der Waals surface area contributed by atoms with E-state index in [9.17, 15) is 8.78 Å². The zero-order valence-corrected chi connectivity index (χ0v) is 15.8. The van der Waals surface area contributed by atoms with Crippen molar-refractivity contribution in [1.29, 1.82) is 0 Å². The standard InChI is InChI=1S/C23H23ClF2/c1-2-3-4-5-16-7-12-20-19(14-16)11-10-18(23(20)26)9-6-17-8-13-21(24)22(25)15-17/h8,10-11,13,15-16H,2-5,7,12,14H2,1H3. The molecule has 3 heteroatoms. The zero-order chi connectivity index (χ0) is 18.5. The summed E-state index contributed by atoms with van der Waals surface area (Å²) in [6.07, 6.45) is 7.80. The third-order valence-corrected chi connectivity index (χ3v) is 5.43. The van der Waals surface area contributed by atoms with Crippen molar-refractivity contribution >= 4 is 11.6 Å². The molecule has 0 saturated heterocycles. The van der Waals surface area contributed by atoms with Crippen LogP contribution >= 0.6 is 11.6 Å². The van der Waals surface area contributed by atoms with Gasteiger partial charge in [0, 0.05) is 5.56 Å². The lowest BCUT2D eigenvalue weighted by molar-refractivity contribution is 0.401. The Balaban J connectivity index is 1.76. The Bertz CT molecular complexity index is 845. The molecule has 0 fully saturated rings. The van der Waals surface area contributed by atoms with Crippen molar-refractivity contribution in [3.05, 3.63) is 69.2 Å². The summed E-state index contributed by atoms with van der Waals surface area (Å²) in [5, 5.41) is 0.0593. The lowest BCUT2D eigenvalue weighted by atomic mass is 9.80.